The van der Waals surface area contributed by atoms with Gasteiger partial charge in [-0.3, -0.25) is 4.79 Å². The lowest BCUT2D eigenvalue weighted by atomic mass is 10.1. The molecule has 0 aromatic heterocycles. The van der Waals surface area contributed by atoms with Gasteiger partial charge in [-0.1, -0.05) is 12.1 Å². The molecule has 0 bridgehead atoms. The van der Waals surface area contributed by atoms with E-state index >= 15 is 0 Å². The molecule has 0 unspecified atom stereocenters. The Hall–Kier alpha value is -3.02. The first-order valence-electron chi connectivity index (χ1n) is 8.21. The van der Waals surface area contributed by atoms with E-state index in [-0.39, 0.29) is 11.9 Å². The Morgan fingerprint density at radius 3 is 2.12 bits per heavy atom. The van der Waals surface area contributed by atoms with Crippen molar-refractivity contribution in [3.8, 4) is 5.75 Å². The van der Waals surface area contributed by atoms with Crippen LogP contribution in [0.25, 0.3) is 0 Å². The van der Waals surface area contributed by atoms with Gasteiger partial charge in [0, 0.05) is 24.8 Å². The number of rotatable bonds is 7. The van der Waals surface area contributed by atoms with Gasteiger partial charge in [0.05, 0.1) is 6.61 Å². The fourth-order valence-corrected chi connectivity index (χ4v) is 2.25. The van der Waals surface area contributed by atoms with Crippen LogP contribution in [0.5, 0.6) is 5.75 Å². The zero-order chi connectivity index (χ0) is 18.1. The molecule has 3 amide bonds. The van der Waals surface area contributed by atoms with E-state index in [1.807, 2.05) is 43.3 Å². The molecular weight excluding hydrogens is 318 g/mol. The molecule has 0 fully saturated rings. The first-order valence-corrected chi connectivity index (χ1v) is 8.21. The average Bonchev–Trinajstić information content (AvgIpc) is 2.58. The normalized spacial score (nSPS) is 10.0. The van der Waals surface area contributed by atoms with Crippen LogP contribution in [-0.2, 0) is 11.2 Å². The molecule has 132 valence electrons. The topological polar surface area (TPSA) is 79.5 Å². The number of carbonyl (C=O) groups is 2. The number of hydrogen-bond acceptors (Lipinski definition) is 3. The highest BCUT2D eigenvalue weighted by molar-refractivity contribution is 5.89. The monoisotopic (exact) mass is 341 g/mol. The van der Waals surface area contributed by atoms with Crippen molar-refractivity contribution in [1.82, 2.24) is 5.32 Å². The van der Waals surface area contributed by atoms with Crippen LogP contribution in [0.3, 0.4) is 0 Å². The van der Waals surface area contributed by atoms with Crippen molar-refractivity contribution in [2.75, 3.05) is 23.8 Å². The summed E-state index contributed by atoms with van der Waals surface area (Å²) in [5.41, 5.74) is 2.55. The molecule has 6 nitrogen and oxygen atoms in total. The van der Waals surface area contributed by atoms with Crippen LogP contribution >= 0.6 is 0 Å². The summed E-state index contributed by atoms with van der Waals surface area (Å²) in [4.78, 5) is 22.9. The van der Waals surface area contributed by atoms with Gasteiger partial charge >= 0.3 is 6.03 Å². The second kappa shape index (κ2) is 9.32. The number of urea groups is 1. The van der Waals surface area contributed by atoms with Crippen LogP contribution in [0.1, 0.15) is 19.4 Å². The lowest BCUT2D eigenvalue weighted by Crippen LogP contribution is -2.30. The molecule has 2 rings (SSSR count). The van der Waals surface area contributed by atoms with E-state index in [2.05, 4.69) is 16.0 Å². The predicted molar refractivity (Wildman–Crippen MR) is 99.1 cm³/mol. The summed E-state index contributed by atoms with van der Waals surface area (Å²) in [6.45, 7) is 4.52. The summed E-state index contributed by atoms with van der Waals surface area (Å²) in [6, 6.07) is 14.5. The number of nitrogens with one attached hydrogen (secondary N) is 3. The second-order valence-electron chi connectivity index (χ2n) is 5.47. The smallest absolute Gasteiger partial charge is 0.319 e. The number of anilines is 2. The SMILES string of the molecule is CCOc1ccc(NC(=O)NCCc2ccc(NC(C)=O)cc2)cc1. The number of ether oxygens (including phenoxy) is 1. The zero-order valence-electron chi connectivity index (χ0n) is 14.5. The summed E-state index contributed by atoms with van der Waals surface area (Å²) in [5.74, 6) is 0.677. The fourth-order valence-electron chi connectivity index (χ4n) is 2.25. The van der Waals surface area contributed by atoms with Crippen LogP contribution in [0.2, 0.25) is 0 Å². The van der Waals surface area contributed by atoms with Gasteiger partial charge in [0.25, 0.3) is 0 Å². The number of hydrogen-bond donors (Lipinski definition) is 3. The van der Waals surface area contributed by atoms with E-state index in [1.165, 1.54) is 6.92 Å². The molecule has 25 heavy (non-hydrogen) atoms. The average molecular weight is 341 g/mol. The highest BCUT2D eigenvalue weighted by Gasteiger charge is 2.02. The third kappa shape index (κ3) is 6.55. The molecule has 0 radical (unpaired) electrons. The molecule has 3 N–H and O–H groups in total. The summed E-state index contributed by atoms with van der Waals surface area (Å²) in [7, 11) is 0. The standard InChI is InChI=1S/C19H23N3O3/c1-3-25-18-10-8-17(9-11-18)22-19(24)20-13-12-15-4-6-16(7-5-15)21-14(2)23/h4-11H,3,12-13H2,1-2H3,(H,21,23)(H2,20,22,24). The van der Waals surface area contributed by atoms with Crippen LogP contribution in [0.15, 0.2) is 48.5 Å². The maximum Gasteiger partial charge on any atom is 0.319 e. The van der Waals surface area contributed by atoms with E-state index in [0.717, 1.165) is 17.0 Å². The molecule has 0 saturated heterocycles. The van der Waals surface area contributed by atoms with E-state index in [9.17, 15) is 9.59 Å². The van der Waals surface area contributed by atoms with Crippen LogP contribution < -0.4 is 20.7 Å². The summed E-state index contributed by atoms with van der Waals surface area (Å²) < 4.78 is 5.36. The van der Waals surface area contributed by atoms with Gasteiger partial charge in [0.2, 0.25) is 5.91 Å². The Morgan fingerprint density at radius 1 is 0.920 bits per heavy atom. The molecule has 0 saturated carbocycles. The van der Waals surface area contributed by atoms with Crippen molar-refractivity contribution in [2.24, 2.45) is 0 Å². The first-order chi connectivity index (χ1) is 12.1. The van der Waals surface area contributed by atoms with Gasteiger partial charge in [-0.2, -0.15) is 0 Å². The molecule has 0 atom stereocenters. The second-order valence-corrected chi connectivity index (χ2v) is 5.47. The molecule has 0 aliphatic heterocycles. The Morgan fingerprint density at radius 2 is 1.52 bits per heavy atom. The lowest BCUT2D eigenvalue weighted by molar-refractivity contribution is -0.114. The highest BCUT2D eigenvalue weighted by Crippen LogP contribution is 2.15. The van der Waals surface area contributed by atoms with E-state index < -0.39 is 0 Å². The molecule has 6 heteroatoms. The third-order valence-corrected chi connectivity index (χ3v) is 3.40. The quantitative estimate of drug-likeness (QED) is 0.722. The van der Waals surface area contributed by atoms with Crippen molar-refractivity contribution in [2.45, 2.75) is 20.3 Å². The van der Waals surface area contributed by atoms with Crippen LogP contribution in [0, 0.1) is 0 Å². The summed E-state index contributed by atoms with van der Waals surface area (Å²) in [6.07, 6.45) is 0.705. The van der Waals surface area contributed by atoms with Crippen molar-refractivity contribution in [1.29, 1.82) is 0 Å². The molecular formula is C19H23N3O3. The minimum Gasteiger partial charge on any atom is -0.494 e. The molecule has 0 spiro atoms. The number of carbonyl (C=O) groups excluding carboxylic acids is 2. The van der Waals surface area contributed by atoms with Gasteiger partial charge in [0.15, 0.2) is 0 Å². The van der Waals surface area contributed by atoms with Crippen molar-refractivity contribution < 1.29 is 14.3 Å². The first kappa shape index (κ1) is 18.3. The maximum absolute atomic E-state index is 11.9. The Bertz CT molecular complexity index is 697. The van der Waals surface area contributed by atoms with Gasteiger partial charge in [-0.25, -0.2) is 4.79 Å². The Kier molecular flexibility index (Phi) is 6.83. The molecule has 0 aliphatic carbocycles. The van der Waals surface area contributed by atoms with Gasteiger partial charge < -0.3 is 20.7 Å². The van der Waals surface area contributed by atoms with E-state index in [4.69, 9.17) is 4.74 Å². The Balaban J connectivity index is 1.73. The van der Waals surface area contributed by atoms with Crippen molar-refractivity contribution in [3.63, 3.8) is 0 Å². The summed E-state index contributed by atoms with van der Waals surface area (Å²) in [5, 5.41) is 8.31. The number of benzene rings is 2. The van der Waals surface area contributed by atoms with Gasteiger partial charge in [-0.15, -0.1) is 0 Å². The maximum atomic E-state index is 11.9. The minimum absolute atomic E-state index is 0.0969. The van der Waals surface area contributed by atoms with Crippen molar-refractivity contribution >= 4 is 23.3 Å². The van der Waals surface area contributed by atoms with Gasteiger partial charge in [0.1, 0.15) is 5.75 Å². The summed E-state index contributed by atoms with van der Waals surface area (Å²) >= 11 is 0. The molecule has 0 aliphatic rings. The van der Waals surface area contributed by atoms with E-state index in [0.29, 0.717) is 25.3 Å². The van der Waals surface area contributed by atoms with Crippen molar-refractivity contribution in [3.05, 3.63) is 54.1 Å². The fraction of sp³-hybridized carbons (Fsp3) is 0.263. The predicted octanol–water partition coefficient (Wildman–Crippen LogP) is 3.41. The highest BCUT2D eigenvalue weighted by atomic mass is 16.5. The third-order valence-electron chi connectivity index (χ3n) is 3.40. The van der Waals surface area contributed by atoms with Crippen LogP contribution in [-0.4, -0.2) is 25.1 Å². The number of amides is 3. The largest absolute Gasteiger partial charge is 0.494 e. The molecule has 2 aromatic rings. The minimum atomic E-state index is -0.251. The van der Waals surface area contributed by atoms with Gasteiger partial charge in [-0.05, 0) is 55.3 Å². The van der Waals surface area contributed by atoms with E-state index in [1.54, 1.807) is 12.1 Å². The molecule has 0 heterocycles. The molecule has 2 aromatic carbocycles. The Labute approximate surface area is 147 Å². The lowest BCUT2D eigenvalue weighted by Gasteiger charge is -2.09. The zero-order valence-corrected chi connectivity index (χ0v) is 14.5. The van der Waals surface area contributed by atoms with Crippen LogP contribution in [0.4, 0.5) is 16.2 Å².